The molecule has 2 atom stereocenters. The number of piperazine rings is 1. The number of carbonyl (C=O) groups excluding carboxylic acids is 2. The van der Waals surface area contributed by atoms with Crippen molar-refractivity contribution < 1.29 is 18.0 Å². The average Bonchev–Trinajstić information content (AvgIpc) is 2.96. The molecule has 0 unspecified atom stereocenters. The molecule has 136 valence electrons. The van der Waals surface area contributed by atoms with Crippen LogP contribution in [0.2, 0.25) is 0 Å². The fourth-order valence-corrected chi connectivity index (χ4v) is 3.91. The second kappa shape index (κ2) is 6.74. The zero-order valence-corrected chi connectivity index (χ0v) is 14.8. The zero-order valence-electron chi connectivity index (χ0n) is 14.0. The highest BCUT2D eigenvalue weighted by atomic mass is 32.2. The summed E-state index contributed by atoms with van der Waals surface area (Å²) in [4.78, 5) is 28.4. The van der Waals surface area contributed by atoms with E-state index in [1.807, 2.05) is 11.8 Å². The third-order valence-corrected chi connectivity index (χ3v) is 5.63. The highest BCUT2D eigenvalue weighted by Gasteiger charge is 2.38. The van der Waals surface area contributed by atoms with Gasteiger partial charge in [-0.05, 0) is 25.1 Å². The minimum atomic E-state index is -3.85. The lowest BCUT2D eigenvalue weighted by Gasteiger charge is -2.35. The summed E-state index contributed by atoms with van der Waals surface area (Å²) >= 11 is 0. The van der Waals surface area contributed by atoms with Gasteiger partial charge < -0.3 is 15.1 Å². The predicted molar refractivity (Wildman–Crippen MR) is 92.3 cm³/mol. The number of carbonyl (C=O) groups is 2. The molecule has 2 fully saturated rings. The Morgan fingerprint density at radius 3 is 2.80 bits per heavy atom. The Morgan fingerprint density at radius 1 is 1.36 bits per heavy atom. The Balaban J connectivity index is 1.78. The summed E-state index contributed by atoms with van der Waals surface area (Å²) in [6, 6.07) is 6.02. The number of hydrogen-bond acceptors (Lipinski definition) is 5. The highest BCUT2D eigenvalue weighted by molar-refractivity contribution is 7.89. The van der Waals surface area contributed by atoms with Crippen LogP contribution in [0.15, 0.2) is 29.2 Å². The van der Waals surface area contributed by atoms with Gasteiger partial charge in [-0.25, -0.2) is 13.6 Å². The van der Waals surface area contributed by atoms with Gasteiger partial charge in [0.2, 0.25) is 21.8 Å². The summed E-state index contributed by atoms with van der Waals surface area (Å²) < 4.78 is 23.0. The van der Waals surface area contributed by atoms with Crippen LogP contribution in [0, 0.1) is 5.92 Å². The first-order valence-electron chi connectivity index (χ1n) is 8.22. The monoisotopic (exact) mass is 366 g/mol. The lowest BCUT2D eigenvalue weighted by atomic mass is 10.1. The first kappa shape index (κ1) is 17.8. The van der Waals surface area contributed by atoms with E-state index in [4.69, 9.17) is 5.14 Å². The lowest BCUT2D eigenvalue weighted by molar-refractivity contribution is -0.138. The van der Waals surface area contributed by atoms with Gasteiger partial charge in [-0.2, -0.15) is 0 Å². The standard InChI is InChI=1S/C16H22N4O4S/c1-11-9-18-5-6-19(11)16(22)12-7-15(21)20(10-12)13-3-2-4-14(8-13)25(17,23)24/h2-4,8,11-12,18H,5-7,9-10H2,1H3,(H2,17,23,24)/t11-,12-/m0/s1. The van der Waals surface area contributed by atoms with Crippen LogP contribution in [0.1, 0.15) is 13.3 Å². The van der Waals surface area contributed by atoms with Crippen molar-refractivity contribution in [2.45, 2.75) is 24.3 Å². The van der Waals surface area contributed by atoms with Crippen LogP contribution in [0.25, 0.3) is 0 Å². The molecule has 25 heavy (non-hydrogen) atoms. The molecule has 2 amide bonds. The van der Waals surface area contributed by atoms with E-state index in [1.54, 1.807) is 6.07 Å². The van der Waals surface area contributed by atoms with Gasteiger partial charge in [-0.1, -0.05) is 6.07 Å². The summed E-state index contributed by atoms with van der Waals surface area (Å²) in [5, 5.41) is 8.38. The van der Waals surface area contributed by atoms with Crippen LogP contribution < -0.4 is 15.4 Å². The van der Waals surface area contributed by atoms with Crippen LogP contribution in [-0.2, 0) is 19.6 Å². The Labute approximate surface area is 147 Å². The van der Waals surface area contributed by atoms with Crippen LogP contribution in [0.5, 0.6) is 0 Å². The van der Waals surface area contributed by atoms with E-state index in [2.05, 4.69) is 5.32 Å². The van der Waals surface area contributed by atoms with E-state index in [0.29, 0.717) is 12.2 Å². The molecule has 1 aromatic rings. The normalized spacial score (nSPS) is 24.6. The Bertz CT molecular complexity index is 795. The molecule has 0 aliphatic carbocycles. The van der Waals surface area contributed by atoms with E-state index >= 15 is 0 Å². The van der Waals surface area contributed by atoms with Gasteiger partial charge in [0.25, 0.3) is 0 Å². The molecule has 2 heterocycles. The smallest absolute Gasteiger partial charge is 0.238 e. The minimum absolute atomic E-state index is 0.0209. The predicted octanol–water partition coefficient (Wildman–Crippen LogP) is -0.493. The van der Waals surface area contributed by atoms with Gasteiger partial charge in [-0.3, -0.25) is 9.59 Å². The molecular weight excluding hydrogens is 344 g/mol. The Hall–Kier alpha value is -1.97. The Kier molecular flexibility index (Phi) is 4.81. The van der Waals surface area contributed by atoms with Crippen LogP contribution in [-0.4, -0.2) is 57.4 Å². The molecule has 0 saturated carbocycles. The van der Waals surface area contributed by atoms with Crippen molar-refractivity contribution in [1.82, 2.24) is 10.2 Å². The van der Waals surface area contributed by atoms with Gasteiger partial charge in [-0.15, -0.1) is 0 Å². The third kappa shape index (κ3) is 3.68. The maximum Gasteiger partial charge on any atom is 0.238 e. The van der Waals surface area contributed by atoms with Crippen molar-refractivity contribution in [3.8, 4) is 0 Å². The summed E-state index contributed by atoms with van der Waals surface area (Å²) in [6.07, 6.45) is 0.134. The SMILES string of the molecule is C[C@H]1CNCCN1C(=O)[C@H]1CC(=O)N(c2cccc(S(N)(=O)=O)c2)C1. The number of anilines is 1. The van der Waals surface area contributed by atoms with E-state index in [1.165, 1.54) is 23.1 Å². The van der Waals surface area contributed by atoms with Gasteiger partial charge >= 0.3 is 0 Å². The minimum Gasteiger partial charge on any atom is -0.337 e. The molecule has 0 bridgehead atoms. The van der Waals surface area contributed by atoms with Gasteiger partial charge in [0, 0.05) is 44.3 Å². The molecular formula is C16H22N4O4S. The summed E-state index contributed by atoms with van der Waals surface area (Å²) in [5.41, 5.74) is 0.445. The molecule has 9 heteroatoms. The van der Waals surface area contributed by atoms with Crippen LogP contribution in [0.4, 0.5) is 5.69 Å². The molecule has 8 nitrogen and oxygen atoms in total. The number of sulfonamides is 1. The summed E-state index contributed by atoms with van der Waals surface area (Å²) in [5.74, 6) is -0.619. The van der Waals surface area contributed by atoms with Crippen molar-refractivity contribution in [2.75, 3.05) is 31.1 Å². The van der Waals surface area contributed by atoms with E-state index < -0.39 is 15.9 Å². The number of rotatable bonds is 3. The Morgan fingerprint density at radius 2 is 2.12 bits per heavy atom. The number of nitrogens with two attached hydrogens (primary N) is 1. The van der Waals surface area contributed by atoms with E-state index in [9.17, 15) is 18.0 Å². The molecule has 0 radical (unpaired) electrons. The van der Waals surface area contributed by atoms with Crippen molar-refractivity contribution in [1.29, 1.82) is 0 Å². The van der Waals surface area contributed by atoms with Gasteiger partial charge in [0.15, 0.2) is 0 Å². The molecule has 3 N–H and O–H groups in total. The van der Waals surface area contributed by atoms with Crippen LogP contribution >= 0.6 is 0 Å². The maximum absolute atomic E-state index is 12.8. The van der Waals surface area contributed by atoms with Crippen molar-refractivity contribution in [3.05, 3.63) is 24.3 Å². The second-order valence-corrected chi connectivity index (χ2v) is 8.09. The molecule has 0 spiro atoms. The topological polar surface area (TPSA) is 113 Å². The first-order valence-corrected chi connectivity index (χ1v) is 9.76. The molecule has 1 aromatic carbocycles. The third-order valence-electron chi connectivity index (χ3n) is 4.72. The number of nitrogens with one attached hydrogen (secondary N) is 1. The molecule has 0 aromatic heterocycles. The van der Waals surface area contributed by atoms with Crippen molar-refractivity contribution >= 4 is 27.5 Å². The number of primary sulfonamides is 1. The number of benzene rings is 1. The van der Waals surface area contributed by atoms with Gasteiger partial charge in [0.1, 0.15) is 0 Å². The van der Waals surface area contributed by atoms with Gasteiger partial charge in [0.05, 0.1) is 10.8 Å². The molecule has 2 aliphatic heterocycles. The zero-order chi connectivity index (χ0) is 18.2. The first-order chi connectivity index (χ1) is 11.8. The number of amides is 2. The summed E-state index contributed by atoms with van der Waals surface area (Å²) in [7, 11) is -3.85. The number of nitrogens with zero attached hydrogens (tertiary/aromatic N) is 2. The number of hydrogen-bond donors (Lipinski definition) is 2. The fraction of sp³-hybridized carbons (Fsp3) is 0.500. The van der Waals surface area contributed by atoms with E-state index in [0.717, 1.165) is 13.1 Å². The highest BCUT2D eigenvalue weighted by Crippen LogP contribution is 2.28. The lowest BCUT2D eigenvalue weighted by Crippen LogP contribution is -2.54. The van der Waals surface area contributed by atoms with Crippen LogP contribution in [0.3, 0.4) is 0 Å². The van der Waals surface area contributed by atoms with E-state index in [-0.39, 0.29) is 35.7 Å². The maximum atomic E-state index is 12.8. The second-order valence-electron chi connectivity index (χ2n) is 6.53. The summed E-state index contributed by atoms with van der Waals surface area (Å²) in [6.45, 7) is 4.35. The molecule has 3 rings (SSSR count). The molecule has 2 aliphatic rings. The van der Waals surface area contributed by atoms with Crippen molar-refractivity contribution in [2.24, 2.45) is 11.1 Å². The van der Waals surface area contributed by atoms with Crippen molar-refractivity contribution in [3.63, 3.8) is 0 Å². The molecule has 2 saturated heterocycles. The fourth-order valence-electron chi connectivity index (χ4n) is 3.35. The largest absolute Gasteiger partial charge is 0.337 e. The average molecular weight is 366 g/mol. The quantitative estimate of drug-likeness (QED) is 0.749.